The quantitative estimate of drug-likeness (QED) is 0.287. The van der Waals surface area contributed by atoms with Gasteiger partial charge in [-0.05, 0) is 72.0 Å². The molecule has 6 radical (unpaired) electrons. The number of hydrogen-bond donors (Lipinski definition) is 0. The zero-order valence-corrected chi connectivity index (χ0v) is 19.2. The van der Waals surface area contributed by atoms with Gasteiger partial charge in [-0.3, -0.25) is 4.79 Å². The molecule has 0 saturated heterocycles. The summed E-state index contributed by atoms with van der Waals surface area (Å²) < 4.78 is 28.9. The molecule has 2 saturated carbocycles. The SMILES string of the molecule is CC(C)=CC[C@@H]1C[C@H](O[Si](C)(C)C)[C]2[CH][CH][CH][CH][C]2C1=O.[C-]#[O+].[C-]#[O+].[C-]#[O+].[Cr]. The largest absolute Gasteiger partial charge is 0 e. The van der Waals surface area contributed by atoms with E-state index < -0.39 is 8.32 Å². The maximum Gasteiger partial charge on any atom is 0 e. The number of hydrogen-bond acceptors (Lipinski definition) is 2. The predicted octanol–water partition coefficient (Wildman–Crippen LogP) is 4.02. The van der Waals surface area contributed by atoms with Crippen LogP contribution in [0.25, 0.3) is 0 Å². The van der Waals surface area contributed by atoms with Crippen molar-refractivity contribution in [2.45, 2.75) is 52.4 Å². The molecule has 28 heavy (non-hydrogen) atoms. The number of fused-ring (bicyclic) bond motifs is 1. The summed E-state index contributed by atoms with van der Waals surface area (Å²) in [6, 6.07) is 0. The van der Waals surface area contributed by atoms with Gasteiger partial charge < -0.3 is 4.43 Å². The van der Waals surface area contributed by atoms with Gasteiger partial charge in [0.05, 0.1) is 12.0 Å². The Bertz CT molecular complexity index is 515. The number of ketones is 1. The molecule has 2 aliphatic rings. The second-order valence-corrected chi connectivity index (χ2v) is 11.6. The summed E-state index contributed by atoms with van der Waals surface area (Å²) in [5, 5.41) is 0. The van der Waals surface area contributed by atoms with Crippen LogP contribution in [0.2, 0.25) is 19.6 Å². The molecular formula is C21H26CrO5Si. The number of rotatable bonds is 4. The number of allylic oxidation sites excluding steroid dienone is 2. The van der Waals surface area contributed by atoms with E-state index in [1.807, 2.05) is 19.3 Å². The van der Waals surface area contributed by atoms with Gasteiger partial charge in [0, 0.05) is 29.2 Å². The third-order valence-corrected chi connectivity index (χ3v) is 4.74. The molecule has 2 aliphatic carbocycles. The van der Waals surface area contributed by atoms with Gasteiger partial charge in [-0.15, -0.1) is 0 Å². The fourth-order valence-electron chi connectivity index (χ4n) is 2.83. The maximum absolute atomic E-state index is 12.7. The zero-order chi connectivity index (χ0) is 21.6. The Morgan fingerprint density at radius 2 is 1.61 bits per heavy atom. The van der Waals surface area contributed by atoms with Crippen molar-refractivity contribution >= 4 is 14.1 Å². The van der Waals surface area contributed by atoms with Gasteiger partial charge in [-0.1, -0.05) is 11.6 Å². The third-order valence-electron chi connectivity index (χ3n) is 3.75. The summed E-state index contributed by atoms with van der Waals surface area (Å²) in [5.41, 5.74) is 1.27. The average molecular weight is 439 g/mol. The van der Waals surface area contributed by atoms with Crippen molar-refractivity contribution < 1.29 is 40.5 Å². The molecule has 0 aromatic carbocycles. The summed E-state index contributed by atoms with van der Waals surface area (Å²) in [7, 11) is -1.64. The number of Topliss-reactive ketones (excluding diaryl/α,β-unsaturated/α-hetero) is 1. The van der Waals surface area contributed by atoms with Crippen molar-refractivity contribution in [2.75, 3.05) is 0 Å². The van der Waals surface area contributed by atoms with Gasteiger partial charge in [0.2, 0.25) is 0 Å². The Balaban J connectivity index is -0.000000815. The van der Waals surface area contributed by atoms with E-state index in [4.69, 9.17) is 18.4 Å². The van der Waals surface area contributed by atoms with Crippen LogP contribution in [0.5, 0.6) is 0 Å². The predicted molar refractivity (Wildman–Crippen MR) is 101 cm³/mol. The van der Waals surface area contributed by atoms with E-state index in [0.717, 1.165) is 24.7 Å². The third kappa shape index (κ3) is 11.4. The Hall–Kier alpha value is -0.661. The summed E-state index contributed by atoms with van der Waals surface area (Å²) in [6.07, 6.45) is 11.8. The van der Waals surface area contributed by atoms with Gasteiger partial charge >= 0.3 is 33.9 Å². The first-order chi connectivity index (χ1) is 12.8. The fourth-order valence-corrected chi connectivity index (χ4v) is 3.91. The molecule has 0 bridgehead atoms. The molecule has 0 amide bonds. The van der Waals surface area contributed by atoms with Gasteiger partial charge in [0.25, 0.3) is 0 Å². The summed E-state index contributed by atoms with van der Waals surface area (Å²) >= 11 is 0. The minimum Gasteiger partial charge on any atom is 0 e. The van der Waals surface area contributed by atoms with Crippen molar-refractivity contribution in [3.63, 3.8) is 0 Å². The first kappa shape index (κ1) is 32.0. The molecule has 2 rings (SSSR count). The van der Waals surface area contributed by atoms with Crippen LogP contribution < -0.4 is 0 Å². The average Bonchev–Trinajstić information content (AvgIpc) is 2.67. The van der Waals surface area contributed by atoms with E-state index in [-0.39, 0.29) is 35.2 Å². The van der Waals surface area contributed by atoms with Crippen molar-refractivity contribution in [1.82, 2.24) is 0 Å². The molecule has 0 aromatic rings. The smallest absolute Gasteiger partial charge is 0 e. The molecule has 0 aromatic heterocycles. The van der Waals surface area contributed by atoms with Gasteiger partial charge in [0.1, 0.15) is 5.78 Å². The Morgan fingerprint density at radius 3 is 2.07 bits per heavy atom. The molecule has 2 atom stereocenters. The van der Waals surface area contributed by atoms with Crippen LogP contribution in [-0.2, 0) is 40.5 Å². The maximum atomic E-state index is 12.7. The van der Waals surface area contributed by atoms with E-state index >= 15 is 0 Å². The number of carbonyl (C=O) groups is 1. The van der Waals surface area contributed by atoms with Crippen molar-refractivity contribution in [2.24, 2.45) is 5.92 Å². The van der Waals surface area contributed by atoms with E-state index in [2.05, 4.69) is 65.9 Å². The van der Waals surface area contributed by atoms with Crippen LogP contribution in [0, 0.1) is 63.4 Å². The van der Waals surface area contributed by atoms with Crippen molar-refractivity contribution in [3.05, 3.63) is 69.1 Å². The molecular weight excluding hydrogens is 412 g/mol. The molecule has 5 nitrogen and oxygen atoms in total. The van der Waals surface area contributed by atoms with Gasteiger partial charge in [0.15, 0.2) is 8.32 Å². The summed E-state index contributed by atoms with van der Waals surface area (Å²) in [6.45, 7) is 24.3. The first-order valence-electron chi connectivity index (χ1n) is 8.33. The normalized spacial score (nSPS) is 21.5. The van der Waals surface area contributed by atoms with E-state index in [1.54, 1.807) is 0 Å². The fraction of sp³-hybridized carbons (Fsp3) is 0.429. The topological polar surface area (TPSA) is 86.0 Å². The van der Waals surface area contributed by atoms with E-state index in [0.29, 0.717) is 0 Å². The molecule has 2 fully saturated rings. The Morgan fingerprint density at radius 1 is 1.11 bits per heavy atom. The van der Waals surface area contributed by atoms with Gasteiger partial charge in [-0.25, -0.2) is 0 Å². The Labute approximate surface area is 182 Å². The first-order valence-corrected chi connectivity index (χ1v) is 11.7. The standard InChI is InChI=1S/C18H26O2Si.3CO.Cr/c1-13(2)10-11-14-12-17(20-21(3,4)5)15-8-6-7-9-16(15)18(14)19;3*1-2;/h6-10,14,17H,11-12H2,1-5H3;;;;/t14-,17+;;;;/m1..../s1. The molecule has 0 heterocycles. The van der Waals surface area contributed by atoms with Crippen molar-refractivity contribution in [1.29, 1.82) is 0 Å². The summed E-state index contributed by atoms with van der Waals surface area (Å²) in [5.74, 6) is 2.27. The minimum absolute atomic E-state index is 0. The van der Waals surface area contributed by atoms with E-state index in [1.165, 1.54) is 5.57 Å². The van der Waals surface area contributed by atoms with Crippen molar-refractivity contribution in [3.8, 4) is 0 Å². The molecule has 0 N–H and O–H groups in total. The van der Waals surface area contributed by atoms with Crippen LogP contribution in [0.3, 0.4) is 0 Å². The van der Waals surface area contributed by atoms with Crippen LogP contribution in [-0.4, -0.2) is 20.2 Å². The monoisotopic (exact) mass is 438 g/mol. The summed E-state index contributed by atoms with van der Waals surface area (Å²) in [4.78, 5) is 12.7. The Kier molecular flexibility index (Phi) is 19.7. The van der Waals surface area contributed by atoms with E-state index in [9.17, 15) is 4.79 Å². The second kappa shape index (κ2) is 17.2. The zero-order valence-electron chi connectivity index (χ0n) is 16.9. The van der Waals surface area contributed by atoms with Crippen LogP contribution in [0.15, 0.2) is 11.6 Å². The number of carbonyl (C=O) groups excluding carboxylic acids is 1. The molecule has 0 aliphatic heterocycles. The van der Waals surface area contributed by atoms with Crippen LogP contribution in [0.1, 0.15) is 26.7 Å². The van der Waals surface area contributed by atoms with Crippen LogP contribution >= 0.6 is 0 Å². The minimum atomic E-state index is -1.64. The molecule has 0 spiro atoms. The second-order valence-electron chi connectivity index (χ2n) is 7.12. The molecule has 150 valence electrons. The molecule has 7 heteroatoms. The van der Waals surface area contributed by atoms with Crippen LogP contribution in [0.4, 0.5) is 0 Å². The van der Waals surface area contributed by atoms with Gasteiger partial charge in [-0.2, -0.15) is 0 Å². The molecule has 0 unspecified atom stereocenters.